The van der Waals surface area contributed by atoms with E-state index < -0.39 is 6.10 Å². The number of piperidine rings is 1. The lowest BCUT2D eigenvalue weighted by molar-refractivity contribution is 0.115. The Kier molecular flexibility index (Phi) is 3.36. The number of anilines is 1. The molecular formula is C15H19N3O. The number of rotatable bonds is 2. The van der Waals surface area contributed by atoms with Crippen LogP contribution in [0.1, 0.15) is 30.9 Å². The third-order valence-corrected chi connectivity index (χ3v) is 3.82. The Morgan fingerprint density at radius 1 is 1.32 bits per heavy atom. The number of aliphatic hydroxyl groups is 1. The van der Waals surface area contributed by atoms with E-state index in [1.165, 1.54) is 6.42 Å². The van der Waals surface area contributed by atoms with Gasteiger partial charge in [-0.25, -0.2) is 4.98 Å². The normalized spacial score (nSPS) is 21.4. The van der Waals surface area contributed by atoms with E-state index in [4.69, 9.17) is 5.73 Å². The van der Waals surface area contributed by atoms with Crippen LogP contribution in [0.4, 0.5) is 5.82 Å². The maximum absolute atomic E-state index is 10.6. The van der Waals surface area contributed by atoms with E-state index in [0.29, 0.717) is 5.82 Å². The number of hydrogen-bond donors (Lipinski definition) is 3. The topological polar surface area (TPSA) is 71.2 Å². The van der Waals surface area contributed by atoms with Gasteiger partial charge in [0.1, 0.15) is 5.82 Å². The Bertz CT molecular complexity index is 579. The quantitative estimate of drug-likeness (QED) is 0.769. The number of pyridine rings is 1. The van der Waals surface area contributed by atoms with Crippen molar-refractivity contribution in [2.24, 2.45) is 0 Å². The minimum absolute atomic E-state index is 0.110. The smallest absolute Gasteiger partial charge is 0.124 e. The molecule has 0 spiro atoms. The third-order valence-electron chi connectivity index (χ3n) is 3.82. The zero-order valence-corrected chi connectivity index (χ0v) is 10.8. The summed E-state index contributed by atoms with van der Waals surface area (Å²) in [5, 5.41) is 15.0. The van der Waals surface area contributed by atoms with Crippen LogP contribution in [0, 0.1) is 0 Å². The number of nitrogens with zero attached hydrogens (tertiary/aromatic N) is 1. The Morgan fingerprint density at radius 2 is 2.16 bits per heavy atom. The number of hydrogen-bond acceptors (Lipinski definition) is 4. The van der Waals surface area contributed by atoms with Crippen LogP contribution in [0.25, 0.3) is 10.9 Å². The fourth-order valence-corrected chi connectivity index (χ4v) is 2.83. The number of fused-ring (bicyclic) bond motifs is 1. The molecule has 0 radical (unpaired) electrons. The highest BCUT2D eigenvalue weighted by Crippen LogP contribution is 2.29. The van der Waals surface area contributed by atoms with Crippen molar-refractivity contribution in [1.82, 2.24) is 10.3 Å². The monoisotopic (exact) mass is 257 g/mol. The fourth-order valence-electron chi connectivity index (χ4n) is 2.83. The summed E-state index contributed by atoms with van der Waals surface area (Å²) >= 11 is 0. The number of nitrogen functional groups attached to an aromatic ring is 1. The van der Waals surface area contributed by atoms with Crippen molar-refractivity contribution in [2.75, 3.05) is 12.3 Å². The van der Waals surface area contributed by atoms with Crippen molar-refractivity contribution in [3.63, 3.8) is 0 Å². The molecule has 1 aromatic heterocycles. The molecule has 4 heteroatoms. The van der Waals surface area contributed by atoms with Gasteiger partial charge in [0.05, 0.1) is 11.6 Å². The molecule has 19 heavy (non-hydrogen) atoms. The molecule has 1 saturated heterocycles. The molecule has 100 valence electrons. The number of para-hydroxylation sites is 1. The van der Waals surface area contributed by atoms with Crippen LogP contribution in [0.15, 0.2) is 30.3 Å². The maximum atomic E-state index is 10.6. The summed E-state index contributed by atoms with van der Waals surface area (Å²) in [5.41, 5.74) is 7.57. The number of aromatic nitrogens is 1. The molecular weight excluding hydrogens is 238 g/mol. The number of aliphatic hydroxyl groups excluding tert-OH is 1. The van der Waals surface area contributed by atoms with Crippen molar-refractivity contribution in [1.29, 1.82) is 0 Å². The van der Waals surface area contributed by atoms with E-state index >= 15 is 0 Å². The van der Waals surface area contributed by atoms with Crippen molar-refractivity contribution in [3.8, 4) is 0 Å². The Morgan fingerprint density at radius 3 is 2.95 bits per heavy atom. The van der Waals surface area contributed by atoms with E-state index in [1.807, 2.05) is 24.3 Å². The van der Waals surface area contributed by atoms with E-state index in [-0.39, 0.29) is 6.04 Å². The molecule has 0 saturated carbocycles. The summed E-state index contributed by atoms with van der Waals surface area (Å²) in [6.07, 6.45) is 2.81. The molecule has 1 aromatic carbocycles. The van der Waals surface area contributed by atoms with Gasteiger partial charge in [0.15, 0.2) is 0 Å². The fraction of sp³-hybridized carbons (Fsp3) is 0.400. The summed E-state index contributed by atoms with van der Waals surface area (Å²) in [6.45, 7) is 0.972. The number of nitrogens with one attached hydrogen (secondary N) is 1. The second kappa shape index (κ2) is 5.15. The van der Waals surface area contributed by atoms with Gasteiger partial charge in [-0.3, -0.25) is 0 Å². The first-order valence-corrected chi connectivity index (χ1v) is 6.82. The molecule has 1 aliphatic heterocycles. The van der Waals surface area contributed by atoms with Gasteiger partial charge in [-0.1, -0.05) is 24.6 Å². The summed E-state index contributed by atoms with van der Waals surface area (Å²) in [7, 11) is 0. The first kappa shape index (κ1) is 12.4. The molecule has 2 atom stereocenters. The van der Waals surface area contributed by atoms with Crippen LogP contribution in [-0.2, 0) is 0 Å². The zero-order chi connectivity index (χ0) is 13.2. The van der Waals surface area contributed by atoms with Crippen LogP contribution >= 0.6 is 0 Å². The van der Waals surface area contributed by atoms with Gasteiger partial charge in [0, 0.05) is 11.4 Å². The molecule has 2 heterocycles. The van der Waals surface area contributed by atoms with Gasteiger partial charge in [-0.2, -0.15) is 0 Å². The zero-order valence-electron chi connectivity index (χ0n) is 10.8. The summed E-state index contributed by atoms with van der Waals surface area (Å²) in [6, 6.07) is 9.72. The molecule has 4 N–H and O–H groups in total. The number of benzene rings is 1. The van der Waals surface area contributed by atoms with Crippen LogP contribution < -0.4 is 11.1 Å². The predicted octanol–water partition coefficient (Wildman–Crippen LogP) is 1.99. The van der Waals surface area contributed by atoms with Crippen LogP contribution in [0.5, 0.6) is 0 Å². The maximum Gasteiger partial charge on any atom is 0.124 e. The highest BCUT2D eigenvalue weighted by atomic mass is 16.3. The van der Waals surface area contributed by atoms with Crippen molar-refractivity contribution < 1.29 is 5.11 Å². The first-order chi connectivity index (χ1) is 9.25. The molecule has 0 aliphatic carbocycles. The van der Waals surface area contributed by atoms with Gasteiger partial charge in [0.2, 0.25) is 0 Å². The first-order valence-electron chi connectivity index (χ1n) is 6.82. The standard InChI is InChI=1S/C15H19N3O/c16-14-9-11(10-5-1-2-6-12(10)18-14)15(19)13-7-3-4-8-17-13/h1-2,5-6,9,13,15,17,19H,3-4,7-8H2,(H2,16,18)/t13-,15+/m0/s1. The van der Waals surface area contributed by atoms with Crippen LogP contribution in [-0.4, -0.2) is 22.7 Å². The van der Waals surface area contributed by atoms with E-state index in [1.54, 1.807) is 6.07 Å². The van der Waals surface area contributed by atoms with Gasteiger partial charge in [-0.15, -0.1) is 0 Å². The molecule has 1 fully saturated rings. The second-order valence-corrected chi connectivity index (χ2v) is 5.15. The highest BCUT2D eigenvalue weighted by Gasteiger charge is 2.24. The van der Waals surface area contributed by atoms with Gasteiger partial charge >= 0.3 is 0 Å². The number of nitrogens with two attached hydrogens (primary N) is 1. The largest absolute Gasteiger partial charge is 0.387 e. The summed E-state index contributed by atoms with van der Waals surface area (Å²) < 4.78 is 0. The van der Waals surface area contributed by atoms with Gasteiger partial charge in [0.25, 0.3) is 0 Å². The lowest BCUT2D eigenvalue weighted by Crippen LogP contribution is -2.38. The Balaban J connectivity index is 2.03. The summed E-state index contributed by atoms with van der Waals surface area (Å²) in [5.74, 6) is 0.462. The van der Waals surface area contributed by atoms with E-state index in [2.05, 4.69) is 10.3 Å². The highest BCUT2D eigenvalue weighted by molar-refractivity contribution is 5.84. The average Bonchev–Trinajstić information content (AvgIpc) is 2.46. The SMILES string of the molecule is Nc1cc([C@@H](O)[C@@H]2CCCCN2)c2ccccc2n1. The van der Waals surface area contributed by atoms with Crippen molar-refractivity contribution in [3.05, 3.63) is 35.9 Å². The molecule has 1 aliphatic rings. The molecule has 4 nitrogen and oxygen atoms in total. The molecule has 3 rings (SSSR count). The lowest BCUT2D eigenvalue weighted by Gasteiger charge is -2.29. The van der Waals surface area contributed by atoms with Crippen LogP contribution in [0.3, 0.4) is 0 Å². The molecule has 0 unspecified atom stereocenters. The van der Waals surface area contributed by atoms with Crippen molar-refractivity contribution in [2.45, 2.75) is 31.4 Å². The molecule has 2 aromatic rings. The predicted molar refractivity (Wildman–Crippen MR) is 76.8 cm³/mol. The lowest BCUT2D eigenvalue weighted by atomic mass is 9.93. The average molecular weight is 257 g/mol. The second-order valence-electron chi connectivity index (χ2n) is 5.15. The van der Waals surface area contributed by atoms with Gasteiger partial charge < -0.3 is 16.2 Å². The third kappa shape index (κ3) is 2.41. The molecule has 0 bridgehead atoms. The minimum atomic E-state index is -0.532. The van der Waals surface area contributed by atoms with Crippen LogP contribution in [0.2, 0.25) is 0 Å². The Labute approximate surface area is 112 Å². The van der Waals surface area contributed by atoms with E-state index in [9.17, 15) is 5.11 Å². The minimum Gasteiger partial charge on any atom is -0.387 e. The Hall–Kier alpha value is -1.65. The van der Waals surface area contributed by atoms with E-state index in [0.717, 1.165) is 35.9 Å². The van der Waals surface area contributed by atoms with Crippen molar-refractivity contribution >= 4 is 16.7 Å². The van der Waals surface area contributed by atoms with Gasteiger partial charge in [-0.05, 0) is 37.1 Å². The molecule has 0 amide bonds. The summed E-state index contributed by atoms with van der Waals surface area (Å²) in [4.78, 5) is 4.31.